The zero-order chi connectivity index (χ0) is 10.6. The molecule has 0 aromatic heterocycles. The molecule has 0 bridgehead atoms. The molecule has 0 amide bonds. The molecule has 0 fully saturated rings. The molecule has 0 aliphatic carbocycles. The monoisotopic (exact) mass is 195 g/mol. The second kappa shape index (κ2) is 4.19. The Morgan fingerprint density at radius 1 is 1.50 bits per heavy atom. The van der Waals surface area contributed by atoms with E-state index in [2.05, 4.69) is 10.4 Å². The van der Waals surface area contributed by atoms with Gasteiger partial charge in [-0.25, -0.2) is 10.8 Å². The zero-order valence-corrected chi connectivity index (χ0v) is 7.18. The molecule has 0 spiro atoms. The van der Waals surface area contributed by atoms with Gasteiger partial charge in [0.25, 0.3) is 5.69 Å². The molecule has 0 aliphatic rings. The Hall–Kier alpha value is -2.15. The van der Waals surface area contributed by atoms with E-state index in [0.29, 0.717) is 0 Å². The topological polar surface area (TPSA) is 120 Å². The van der Waals surface area contributed by atoms with Crippen LogP contribution in [0.2, 0.25) is 0 Å². The standard InChI is InChI=1S/C7H9N5O2/c8-7(11-9)10-5-3-1-2-4-6(5)12(13)14/h1-4H,9H2,(H3,8,10,11). The van der Waals surface area contributed by atoms with Crippen LogP contribution in [0.4, 0.5) is 11.4 Å². The highest BCUT2D eigenvalue weighted by Gasteiger charge is 2.11. The summed E-state index contributed by atoms with van der Waals surface area (Å²) in [5.41, 5.74) is 7.39. The zero-order valence-electron chi connectivity index (χ0n) is 7.18. The number of hydrogen-bond donors (Lipinski definition) is 3. The molecule has 1 aromatic rings. The molecule has 1 aromatic carbocycles. The van der Waals surface area contributed by atoms with Crippen LogP contribution in [0.5, 0.6) is 0 Å². The first-order valence-electron chi connectivity index (χ1n) is 3.69. The molecule has 0 heterocycles. The highest BCUT2D eigenvalue weighted by Crippen LogP contribution is 2.25. The SMILES string of the molecule is NNC(N)=Nc1ccccc1[N+](=O)[O-]. The Morgan fingerprint density at radius 2 is 2.14 bits per heavy atom. The van der Waals surface area contributed by atoms with Crippen LogP contribution in [0, 0.1) is 10.1 Å². The molecule has 5 N–H and O–H groups in total. The van der Waals surface area contributed by atoms with Crippen molar-refractivity contribution in [1.82, 2.24) is 5.43 Å². The minimum atomic E-state index is -0.539. The fourth-order valence-corrected chi connectivity index (χ4v) is 0.875. The average Bonchev–Trinajstić information content (AvgIpc) is 2.18. The fraction of sp³-hybridized carbons (Fsp3) is 0. The van der Waals surface area contributed by atoms with Crippen LogP contribution in [0.15, 0.2) is 29.3 Å². The van der Waals surface area contributed by atoms with Gasteiger partial charge in [0.15, 0.2) is 0 Å². The van der Waals surface area contributed by atoms with Gasteiger partial charge in [0.05, 0.1) is 4.92 Å². The molecule has 0 aliphatic heterocycles. The van der Waals surface area contributed by atoms with Gasteiger partial charge in [-0.2, -0.15) is 0 Å². The molecule has 74 valence electrons. The predicted molar refractivity (Wildman–Crippen MR) is 51.7 cm³/mol. The minimum Gasteiger partial charge on any atom is -0.369 e. The summed E-state index contributed by atoms with van der Waals surface area (Å²) in [4.78, 5) is 13.7. The quantitative estimate of drug-likeness (QED) is 0.202. The van der Waals surface area contributed by atoms with E-state index >= 15 is 0 Å². The summed E-state index contributed by atoms with van der Waals surface area (Å²) in [7, 11) is 0. The van der Waals surface area contributed by atoms with E-state index in [-0.39, 0.29) is 17.3 Å². The number of para-hydroxylation sites is 2. The van der Waals surface area contributed by atoms with E-state index in [9.17, 15) is 10.1 Å². The Bertz CT molecular complexity index is 376. The Kier molecular flexibility index (Phi) is 2.97. The number of nitro groups is 1. The third-order valence-electron chi connectivity index (χ3n) is 1.47. The number of aliphatic imine (C=N–C) groups is 1. The van der Waals surface area contributed by atoms with Gasteiger partial charge in [-0.05, 0) is 6.07 Å². The van der Waals surface area contributed by atoms with Gasteiger partial charge in [-0.15, -0.1) is 0 Å². The van der Waals surface area contributed by atoms with Gasteiger partial charge < -0.3 is 5.73 Å². The molecule has 7 heteroatoms. The second-order valence-corrected chi connectivity index (χ2v) is 2.39. The molecule has 0 atom stereocenters. The number of nitrogens with two attached hydrogens (primary N) is 2. The lowest BCUT2D eigenvalue weighted by Gasteiger charge is -1.99. The lowest BCUT2D eigenvalue weighted by atomic mass is 10.3. The lowest BCUT2D eigenvalue weighted by Crippen LogP contribution is -2.36. The number of nitro benzene ring substituents is 1. The van der Waals surface area contributed by atoms with Gasteiger partial charge in [-0.3, -0.25) is 15.5 Å². The van der Waals surface area contributed by atoms with Crippen LogP contribution in [-0.2, 0) is 0 Å². The van der Waals surface area contributed by atoms with Crippen LogP contribution in [0.1, 0.15) is 0 Å². The largest absolute Gasteiger partial charge is 0.369 e. The number of guanidine groups is 1. The van der Waals surface area contributed by atoms with Crippen molar-refractivity contribution in [3.63, 3.8) is 0 Å². The first-order valence-corrected chi connectivity index (χ1v) is 3.69. The van der Waals surface area contributed by atoms with E-state index in [0.717, 1.165) is 0 Å². The summed E-state index contributed by atoms with van der Waals surface area (Å²) in [6.07, 6.45) is 0. The Morgan fingerprint density at radius 3 is 2.71 bits per heavy atom. The number of nitrogens with one attached hydrogen (secondary N) is 1. The summed E-state index contributed by atoms with van der Waals surface area (Å²) in [5, 5.41) is 10.5. The third kappa shape index (κ3) is 2.17. The smallest absolute Gasteiger partial charge is 0.294 e. The highest BCUT2D eigenvalue weighted by atomic mass is 16.6. The normalized spacial score (nSPS) is 11.1. The first-order chi connectivity index (χ1) is 6.65. The van der Waals surface area contributed by atoms with Crippen LogP contribution >= 0.6 is 0 Å². The predicted octanol–water partition coefficient (Wildman–Crippen LogP) is 0.00430. The van der Waals surface area contributed by atoms with E-state index in [1.54, 1.807) is 12.1 Å². The van der Waals surface area contributed by atoms with Gasteiger partial charge in [0, 0.05) is 6.07 Å². The molecule has 7 nitrogen and oxygen atoms in total. The maximum atomic E-state index is 10.5. The van der Waals surface area contributed by atoms with Gasteiger partial charge in [0.1, 0.15) is 5.69 Å². The van der Waals surface area contributed by atoms with Crippen molar-refractivity contribution in [2.24, 2.45) is 16.6 Å². The van der Waals surface area contributed by atoms with Crippen LogP contribution < -0.4 is 17.0 Å². The molecule has 0 saturated carbocycles. The summed E-state index contributed by atoms with van der Waals surface area (Å²) >= 11 is 0. The van der Waals surface area contributed by atoms with Crippen molar-refractivity contribution in [2.45, 2.75) is 0 Å². The van der Waals surface area contributed by atoms with E-state index in [1.807, 2.05) is 0 Å². The average molecular weight is 195 g/mol. The maximum Gasteiger partial charge on any atom is 0.294 e. The molecule has 0 radical (unpaired) electrons. The lowest BCUT2D eigenvalue weighted by molar-refractivity contribution is -0.384. The Balaban J connectivity index is 3.14. The first kappa shape index (κ1) is 9.93. The summed E-state index contributed by atoms with van der Waals surface area (Å²) < 4.78 is 0. The van der Waals surface area contributed by atoms with Crippen LogP contribution in [0.25, 0.3) is 0 Å². The molecule has 1 rings (SSSR count). The number of benzene rings is 1. The summed E-state index contributed by atoms with van der Waals surface area (Å²) in [5.74, 6) is 4.89. The Labute approximate surface area is 79.5 Å². The minimum absolute atomic E-state index is 0.0840. The van der Waals surface area contributed by atoms with Crippen molar-refractivity contribution in [2.75, 3.05) is 0 Å². The van der Waals surface area contributed by atoms with Gasteiger partial charge in [0.2, 0.25) is 5.96 Å². The van der Waals surface area contributed by atoms with Crippen molar-refractivity contribution in [3.05, 3.63) is 34.4 Å². The molecule has 0 saturated heterocycles. The number of rotatable bonds is 2. The summed E-state index contributed by atoms with van der Waals surface area (Å²) in [6, 6.07) is 5.98. The molecular weight excluding hydrogens is 186 g/mol. The number of nitrogens with zero attached hydrogens (tertiary/aromatic N) is 2. The van der Waals surface area contributed by atoms with E-state index in [4.69, 9.17) is 11.6 Å². The van der Waals surface area contributed by atoms with Crippen molar-refractivity contribution in [1.29, 1.82) is 0 Å². The number of hydrazine groups is 1. The van der Waals surface area contributed by atoms with Crippen molar-refractivity contribution >= 4 is 17.3 Å². The molecule has 0 unspecified atom stereocenters. The molecule has 14 heavy (non-hydrogen) atoms. The van der Waals surface area contributed by atoms with Crippen LogP contribution in [0.3, 0.4) is 0 Å². The third-order valence-corrected chi connectivity index (χ3v) is 1.47. The fourth-order valence-electron chi connectivity index (χ4n) is 0.875. The molecular formula is C7H9N5O2. The summed E-state index contributed by atoms with van der Waals surface area (Å²) in [6.45, 7) is 0. The maximum absolute atomic E-state index is 10.5. The van der Waals surface area contributed by atoms with Crippen LogP contribution in [-0.4, -0.2) is 10.9 Å². The van der Waals surface area contributed by atoms with E-state index < -0.39 is 4.92 Å². The van der Waals surface area contributed by atoms with Crippen molar-refractivity contribution < 1.29 is 4.92 Å². The highest BCUT2D eigenvalue weighted by molar-refractivity contribution is 5.81. The van der Waals surface area contributed by atoms with Gasteiger partial charge in [-0.1, -0.05) is 12.1 Å². The van der Waals surface area contributed by atoms with Gasteiger partial charge >= 0.3 is 0 Å². The second-order valence-electron chi connectivity index (χ2n) is 2.39. The van der Waals surface area contributed by atoms with E-state index in [1.165, 1.54) is 12.1 Å². The number of hydrogen-bond acceptors (Lipinski definition) is 4. The van der Waals surface area contributed by atoms with Crippen molar-refractivity contribution in [3.8, 4) is 0 Å².